The van der Waals surface area contributed by atoms with Gasteiger partial charge in [0.2, 0.25) is 5.75 Å². The third-order valence-corrected chi connectivity index (χ3v) is 5.33. The predicted molar refractivity (Wildman–Crippen MR) is 120 cm³/mol. The van der Waals surface area contributed by atoms with Crippen molar-refractivity contribution in [1.82, 2.24) is 4.98 Å². The molecule has 3 aromatic rings. The Balaban J connectivity index is 1.94. The minimum Gasteiger partial charge on any atom is -0.493 e. The van der Waals surface area contributed by atoms with Gasteiger partial charge in [-0.25, -0.2) is 4.79 Å². The normalized spacial score (nSPS) is 10.5. The van der Waals surface area contributed by atoms with Gasteiger partial charge in [-0.05, 0) is 29.8 Å². The van der Waals surface area contributed by atoms with Crippen molar-refractivity contribution in [3.05, 3.63) is 81.1 Å². The average molecular weight is 476 g/mol. The molecule has 0 amide bonds. The van der Waals surface area contributed by atoms with E-state index in [9.17, 15) is 9.59 Å². The summed E-state index contributed by atoms with van der Waals surface area (Å²) in [5.41, 5.74) is 1.58. The molecule has 1 heterocycles. The van der Waals surface area contributed by atoms with Crippen LogP contribution < -0.4 is 14.2 Å². The van der Waals surface area contributed by atoms with Crippen molar-refractivity contribution in [1.29, 1.82) is 0 Å². The van der Waals surface area contributed by atoms with Crippen LogP contribution in [0.1, 0.15) is 31.8 Å². The summed E-state index contributed by atoms with van der Waals surface area (Å²) in [5, 5.41) is 9.61. The minimum atomic E-state index is -1.02. The number of methoxy groups -OCH3 is 2. The molecule has 7 nitrogen and oxygen atoms in total. The summed E-state index contributed by atoms with van der Waals surface area (Å²) in [4.78, 5) is 28.1. The van der Waals surface area contributed by atoms with E-state index in [-0.39, 0.29) is 51.5 Å². The van der Waals surface area contributed by atoms with Gasteiger partial charge in [-0.2, -0.15) is 0 Å². The quantitative estimate of drug-likeness (QED) is 0.429. The standard InChI is InChI=1S/C23H19Cl2NO6/c1-30-20-8-7-15(19(27)9-16-17(24)10-26-11-18(16)25)21(22(20)31-2)32-12-13-3-5-14(6-4-13)23(28)29/h3-8,10-11H,9,12H2,1-2H3,(H,28,29). The molecule has 1 N–H and O–H groups in total. The van der Waals surface area contributed by atoms with Crippen molar-refractivity contribution in [3.63, 3.8) is 0 Å². The van der Waals surface area contributed by atoms with E-state index in [4.69, 9.17) is 42.5 Å². The van der Waals surface area contributed by atoms with E-state index in [1.54, 1.807) is 24.3 Å². The number of benzene rings is 2. The topological polar surface area (TPSA) is 95.0 Å². The van der Waals surface area contributed by atoms with Gasteiger partial charge in [0.25, 0.3) is 0 Å². The number of ether oxygens (including phenoxy) is 3. The van der Waals surface area contributed by atoms with E-state index in [2.05, 4.69) is 4.98 Å². The molecule has 0 unspecified atom stereocenters. The number of nitrogens with zero attached hydrogens (tertiary/aromatic N) is 1. The number of carboxylic acids is 1. The number of Topliss-reactive ketones (excluding diaryl/α,β-unsaturated/α-hetero) is 1. The van der Waals surface area contributed by atoms with Gasteiger partial charge in [-0.15, -0.1) is 0 Å². The fourth-order valence-electron chi connectivity index (χ4n) is 3.02. The van der Waals surface area contributed by atoms with Crippen LogP contribution in [0.5, 0.6) is 17.2 Å². The molecular weight excluding hydrogens is 457 g/mol. The molecule has 0 bridgehead atoms. The van der Waals surface area contributed by atoms with Crippen LogP contribution in [0.15, 0.2) is 48.8 Å². The van der Waals surface area contributed by atoms with Gasteiger partial charge in [0.1, 0.15) is 6.61 Å². The van der Waals surface area contributed by atoms with Gasteiger partial charge in [0.15, 0.2) is 17.3 Å². The van der Waals surface area contributed by atoms with Crippen molar-refractivity contribution < 1.29 is 28.9 Å². The maximum atomic E-state index is 13.2. The fraction of sp³-hybridized carbons (Fsp3) is 0.174. The lowest BCUT2D eigenvalue weighted by atomic mass is 10.0. The van der Waals surface area contributed by atoms with Crippen molar-refractivity contribution in [2.24, 2.45) is 0 Å². The number of pyridine rings is 1. The number of ketones is 1. The lowest BCUT2D eigenvalue weighted by Crippen LogP contribution is -2.10. The Hall–Kier alpha value is -3.29. The highest BCUT2D eigenvalue weighted by Gasteiger charge is 2.23. The summed E-state index contributed by atoms with van der Waals surface area (Å²) in [7, 11) is 2.92. The molecule has 32 heavy (non-hydrogen) atoms. The van der Waals surface area contributed by atoms with Gasteiger partial charge in [0.05, 0.1) is 35.4 Å². The number of aromatic nitrogens is 1. The number of hydrogen-bond donors (Lipinski definition) is 1. The van der Waals surface area contributed by atoms with E-state index in [0.29, 0.717) is 16.9 Å². The minimum absolute atomic E-state index is 0.0699. The summed E-state index contributed by atoms with van der Waals surface area (Å²) < 4.78 is 16.7. The zero-order valence-corrected chi connectivity index (χ0v) is 18.7. The summed E-state index contributed by atoms with van der Waals surface area (Å²) in [6.07, 6.45) is 2.77. The predicted octanol–water partition coefficient (Wildman–Crippen LogP) is 5.11. The first-order valence-electron chi connectivity index (χ1n) is 9.36. The first kappa shape index (κ1) is 23.4. The lowest BCUT2D eigenvalue weighted by Gasteiger charge is -2.17. The smallest absolute Gasteiger partial charge is 0.335 e. The highest BCUT2D eigenvalue weighted by Crippen LogP contribution is 2.41. The van der Waals surface area contributed by atoms with Gasteiger partial charge in [0, 0.05) is 24.4 Å². The fourth-order valence-corrected chi connectivity index (χ4v) is 3.52. The molecule has 0 radical (unpaired) electrons. The largest absolute Gasteiger partial charge is 0.493 e. The number of carboxylic acid groups (broad SMARTS) is 1. The Morgan fingerprint density at radius 3 is 2.16 bits per heavy atom. The van der Waals surface area contributed by atoms with Crippen molar-refractivity contribution in [2.75, 3.05) is 14.2 Å². The number of halogens is 2. The van der Waals surface area contributed by atoms with Gasteiger partial charge < -0.3 is 19.3 Å². The van der Waals surface area contributed by atoms with Gasteiger partial charge in [-0.1, -0.05) is 35.3 Å². The van der Waals surface area contributed by atoms with Crippen LogP contribution in [0.25, 0.3) is 0 Å². The second-order valence-corrected chi connectivity index (χ2v) is 7.46. The molecule has 0 fully saturated rings. The molecular formula is C23H19Cl2NO6. The van der Waals surface area contributed by atoms with Gasteiger partial charge in [-0.3, -0.25) is 9.78 Å². The summed E-state index contributed by atoms with van der Waals surface area (Å²) >= 11 is 12.3. The summed E-state index contributed by atoms with van der Waals surface area (Å²) in [6.45, 7) is 0.0699. The number of aromatic carboxylic acids is 1. The third-order valence-electron chi connectivity index (χ3n) is 4.67. The molecule has 0 saturated carbocycles. The Morgan fingerprint density at radius 2 is 1.59 bits per heavy atom. The van der Waals surface area contributed by atoms with Crippen LogP contribution in [0.4, 0.5) is 0 Å². The van der Waals surface area contributed by atoms with Crippen LogP contribution in [0, 0.1) is 0 Å². The number of hydrogen-bond acceptors (Lipinski definition) is 6. The zero-order valence-electron chi connectivity index (χ0n) is 17.2. The Kier molecular flexibility index (Phi) is 7.56. The molecule has 0 atom stereocenters. The van der Waals surface area contributed by atoms with Crippen molar-refractivity contribution in [3.8, 4) is 17.2 Å². The number of rotatable bonds is 9. The molecule has 166 valence electrons. The maximum Gasteiger partial charge on any atom is 0.335 e. The van der Waals surface area contributed by atoms with Crippen LogP contribution in [0.3, 0.4) is 0 Å². The molecule has 3 rings (SSSR count). The average Bonchev–Trinajstić information content (AvgIpc) is 2.79. The van der Waals surface area contributed by atoms with Crippen LogP contribution in [-0.2, 0) is 13.0 Å². The van der Waals surface area contributed by atoms with E-state index >= 15 is 0 Å². The Labute approximate surface area is 194 Å². The Morgan fingerprint density at radius 1 is 0.938 bits per heavy atom. The van der Waals surface area contributed by atoms with Crippen LogP contribution >= 0.6 is 23.2 Å². The summed E-state index contributed by atoms with van der Waals surface area (Å²) in [6, 6.07) is 9.40. The second kappa shape index (κ2) is 10.3. The lowest BCUT2D eigenvalue weighted by molar-refractivity contribution is 0.0696. The molecule has 1 aromatic heterocycles. The number of carbonyl (C=O) groups is 2. The van der Waals surface area contributed by atoms with Crippen LogP contribution in [0.2, 0.25) is 10.0 Å². The molecule has 0 aliphatic rings. The highest BCUT2D eigenvalue weighted by molar-refractivity contribution is 6.36. The molecule has 9 heteroatoms. The second-order valence-electron chi connectivity index (χ2n) is 6.65. The maximum absolute atomic E-state index is 13.2. The van der Waals surface area contributed by atoms with Crippen molar-refractivity contribution in [2.45, 2.75) is 13.0 Å². The van der Waals surface area contributed by atoms with Crippen molar-refractivity contribution >= 4 is 35.0 Å². The first-order valence-corrected chi connectivity index (χ1v) is 10.1. The van der Waals surface area contributed by atoms with E-state index < -0.39 is 5.97 Å². The summed E-state index contributed by atoms with van der Waals surface area (Å²) in [5.74, 6) is -0.474. The SMILES string of the molecule is COc1ccc(C(=O)Cc2c(Cl)cncc2Cl)c(OCc2ccc(C(=O)O)cc2)c1OC. The van der Waals surface area contributed by atoms with E-state index in [0.717, 1.165) is 0 Å². The van der Waals surface area contributed by atoms with Crippen LogP contribution in [-0.4, -0.2) is 36.1 Å². The molecule has 2 aromatic carbocycles. The highest BCUT2D eigenvalue weighted by atomic mass is 35.5. The molecule has 0 spiro atoms. The van der Waals surface area contributed by atoms with Gasteiger partial charge >= 0.3 is 5.97 Å². The monoisotopic (exact) mass is 475 g/mol. The molecule has 0 saturated heterocycles. The first-order chi connectivity index (χ1) is 15.3. The van der Waals surface area contributed by atoms with E-state index in [1.807, 2.05) is 0 Å². The number of carbonyl (C=O) groups excluding carboxylic acids is 1. The zero-order chi connectivity index (χ0) is 23.3. The Bertz CT molecular complexity index is 1130. The third kappa shape index (κ3) is 5.12. The molecule has 0 aliphatic heterocycles. The van der Waals surface area contributed by atoms with E-state index in [1.165, 1.54) is 38.7 Å². The molecule has 0 aliphatic carbocycles.